The normalized spacial score (nSPS) is 26.3. The first-order valence-electron chi connectivity index (χ1n) is 2.57. The van der Waals surface area contributed by atoms with E-state index >= 15 is 0 Å². The second kappa shape index (κ2) is 0.927. The number of rotatable bonds is 1. The van der Waals surface area contributed by atoms with Crippen molar-refractivity contribution in [2.24, 2.45) is 5.41 Å². The van der Waals surface area contributed by atoms with Gasteiger partial charge in [-0.25, -0.2) is 0 Å². The Kier molecular flexibility index (Phi) is 0.624. The first-order valence-corrected chi connectivity index (χ1v) is 2.57. The van der Waals surface area contributed by atoms with E-state index in [0.29, 0.717) is 5.41 Å². The average Bonchev–Trinajstić information content (AvgIpc) is 2.22. The van der Waals surface area contributed by atoms with Gasteiger partial charge in [-0.2, -0.15) is 0 Å². The monoisotopic (exact) mass is 83.1 g/mol. The van der Waals surface area contributed by atoms with Gasteiger partial charge < -0.3 is 0 Å². The molecule has 1 aliphatic carbocycles. The summed E-state index contributed by atoms with van der Waals surface area (Å²) in [7, 11) is 0. The summed E-state index contributed by atoms with van der Waals surface area (Å²) < 4.78 is 0. The maximum Gasteiger partial charge on any atom is 0.105 e. The molecule has 0 unspecified atom stereocenters. The van der Waals surface area contributed by atoms with Crippen LogP contribution in [0.25, 0.3) is 0 Å². The van der Waals surface area contributed by atoms with Crippen LogP contribution in [0.5, 0.6) is 0 Å². The van der Waals surface area contributed by atoms with Crippen LogP contribution in [0.1, 0.15) is 26.7 Å². The smallest absolute Gasteiger partial charge is 0.0186 e. The third-order valence-corrected chi connectivity index (χ3v) is 1.74. The van der Waals surface area contributed by atoms with Gasteiger partial charge in [0.15, 0.2) is 0 Å². The lowest BCUT2D eigenvalue weighted by Crippen LogP contribution is -1.86. The van der Waals surface area contributed by atoms with Crippen molar-refractivity contribution in [1.82, 2.24) is 0 Å². The van der Waals surface area contributed by atoms with Crippen LogP contribution >= 0.6 is 0 Å². The van der Waals surface area contributed by atoms with E-state index in [1.54, 1.807) is 0 Å². The summed E-state index contributed by atoms with van der Waals surface area (Å²) in [5, 5.41) is 0. The lowest BCUT2D eigenvalue weighted by atomic mass is 10.1. The van der Waals surface area contributed by atoms with Crippen LogP contribution in [0, 0.1) is 11.8 Å². The van der Waals surface area contributed by atoms with Crippen molar-refractivity contribution < 1.29 is 0 Å². The van der Waals surface area contributed by atoms with Gasteiger partial charge in [-0.05, 0) is 19.8 Å². The van der Waals surface area contributed by atoms with Gasteiger partial charge >= 0.3 is 0 Å². The van der Waals surface area contributed by atoms with Gasteiger partial charge in [0.2, 0.25) is 0 Å². The Hall–Kier alpha value is -0.130. The molecule has 0 aliphatic heterocycles. The van der Waals surface area contributed by atoms with Gasteiger partial charge in [0, 0.05) is 0 Å². The third kappa shape index (κ3) is 0.515. The van der Waals surface area contributed by atoms with Crippen LogP contribution in [0.15, 0.2) is 0 Å². The van der Waals surface area contributed by atoms with E-state index in [1.165, 1.54) is 12.8 Å². The summed E-state index contributed by atoms with van der Waals surface area (Å²) in [4.78, 5) is 0. The Balaban J connectivity index is 2.28. The highest BCUT2D eigenvalue weighted by molar-refractivity contribution is 4.97. The third-order valence-electron chi connectivity index (χ3n) is 1.74. The summed E-state index contributed by atoms with van der Waals surface area (Å²) >= 11 is 0. The van der Waals surface area contributed by atoms with E-state index in [1.807, 2.05) is 0 Å². The molecule has 1 saturated carbocycles. The van der Waals surface area contributed by atoms with Gasteiger partial charge in [-0.15, -0.1) is 0 Å². The maximum absolute atomic E-state index is 2.30. The van der Waals surface area contributed by atoms with Crippen LogP contribution < -0.4 is 0 Å². The molecule has 0 bridgehead atoms. The molecule has 0 saturated heterocycles. The van der Waals surface area contributed by atoms with E-state index in [9.17, 15) is 0 Å². The minimum Gasteiger partial charge on any atom is -0.0186 e. The molecule has 1 aliphatic rings. The maximum atomic E-state index is 2.30. The minimum absolute atomic E-state index is 0.667. The molecule has 0 aromatic rings. The van der Waals surface area contributed by atoms with Crippen molar-refractivity contribution in [3.8, 4) is 0 Å². The zero-order valence-electron chi connectivity index (χ0n) is 4.49. The van der Waals surface area contributed by atoms with E-state index in [4.69, 9.17) is 0 Å². The first kappa shape index (κ1) is 4.04. The molecule has 34 valence electrons. The standard InChI is InChI=1S/C6H11/c1-3-6(2)4-5-6/h3H,4-5H2,1-2H3/q+1. The van der Waals surface area contributed by atoms with Crippen LogP contribution in [0.4, 0.5) is 0 Å². The molecule has 0 spiro atoms. The van der Waals surface area contributed by atoms with Gasteiger partial charge in [-0.3, -0.25) is 0 Å². The predicted molar refractivity (Wildman–Crippen MR) is 27.3 cm³/mol. The van der Waals surface area contributed by atoms with Crippen molar-refractivity contribution in [1.29, 1.82) is 0 Å². The van der Waals surface area contributed by atoms with Crippen LogP contribution in [-0.4, -0.2) is 0 Å². The first-order chi connectivity index (χ1) is 2.77. The molecule has 1 rings (SSSR count). The van der Waals surface area contributed by atoms with E-state index in [0.717, 1.165) is 0 Å². The highest BCUT2D eigenvalue weighted by Gasteiger charge is 2.43. The zero-order chi connectivity index (χ0) is 4.62. The molecule has 0 aromatic carbocycles. The SMILES string of the molecule is C[CH+]C1(C)CC1. The van der Waals surface area contributed by atoms with Crippen molar-refractivity contribution in [3.63, 3.8) is 0 Å². The molecule has 1 fully saturated rings. The Bertz CT molecular complexity index is 51.1. The summed E-state index contributed by atoms with van der Waals surface area (Å²) in [5.41, 5.74) is 0.667. The second-order valence-corrected chi connectivity index (χ2v) is 2.44. The Morgan fingerprint density at radius 1 is 1.50 bits per heavy atom. The predicted octanol–water partition coefficient (Wildman–Crippen LogP) is 2.01. The van der Waals surface area contributed by atoms with Crippen molar-refractivity contribution >= 4 is 0 Å². The highest BCUT2D eigenvalue weighted by Crippen LogP contribution is 2.46. The van der Waals surface area contributed by atoms with Gasteiger partial charge in [-0.1, -0.05) is 0 Å². The van der Waals surface area contributed by atoms with Gasteiger partial charge in [0.25, 0.3) is 0 Å². The Labute approximate surface area is 39.6 Å². The average molecular weight is 83.2 g/mol. The summed E-state index contributed by atoms with van der Waals surface area (Å²) in [6.07, 6.45) is 5.14. The molecule has 0 atom stereocenters. The molecular formula is C6H11+. The van der Waals surface area contributed by atoms with Crippen LogP contribution in [0.2, 0.25) is 0 Å². The van der Waals surface area contributed by atoms with E-state index < -0.39 is 0 Å². The molecular weight excluding hydrogens is 72.1 g/mol. The molecule has 0 aromatic heterocycles. The van der Waals surface area contributed by atoms with Crippen molar-refractivity contribution in [2.45, 2.75) is 26.7 Å². The fraction of sp³-hybridized carbons (Fsp3) is 0.833. The van der Waals surface area contributed by atoms with E-state index in [2.05, 4.69) is 20.3 Å². The van der Waals surface area contributed by atoms with Crippen LogP contribution in [0.3, 0.4) is 0 Å². The Morgan fingerprint density at radius 2 is 2.00 bits per heavy atom. The second-order valence-electron chi connectivity index (χ2n) is 2.44. The van der Waals surface area contributed by atoms with Crippen molar-refractivity contribution in [3.05, 3.63) is 6.42 Å². The zero-order valence-corrected chi connectivity index (χ0v) is 4.49. The fourth-order valence-corrected chi connectivity index (χ4v) is 0.486. The molecule has 0 N–H and O–H groups in total. The quantitative estimate of drug-likeness (QED) is 0.425. The van der Waals surface area contributed by atoms with Gasteiger partial charge in [0.05, 0.1) is 13.3 Å². The van der Waals surface area contributed by atoms with Crippen LogP contribution in [-0.2, 0) is 0 Å². The topological polar surface area (TPSA) is 0 Å². The highest BCUT2D eigenvalue weighted by atomic mass is 14.4. The molecule has 0 radical (unpaired) electrons. The molecule has 0 nitrogen and oxygen atoms in total. The van der Waals surface area contributed by atoms with Gasteiger partial charge in [0.1, 0.15) is 5.41 Å². The summed E-state index contributed by atoms with van der Waals surface area (Å²) in [6.45, 7) is 4.44. The van der Waals surface area contributed by atoms with Crippen molar-refractivity contribution in [2.75, 3.05) is 0 Å². The summed E-state index contributed by atoms with van der Waals surface area (Å²) in [6, 6.07) is 0. The molecule has 0 heterocycles. The largest absolute Gasteiger partial charge is 0.105 e. The number of hydrogen-bond acceptors (Lipinski definition) is 0. The lowest BCUT2D eigenvalue weighted by Gasteiger charge is -1.85. The fourth-order valence-electron chi connectivity index (χ4n) is 0.486. The molecule has 0 amide bonds. The Morgan fingerprint density at radius 3 is 2.00 bits per heavy atom. The number of hydrogen-bond donors (Lipinski definition) is 0. The van der Waals surface area contributed by atoms with E-state index in [-0.39, 0.29) is 0 Å². The minimum atomic E-state index is 0.667. The molecule has 6 heavy (non-hydrogen) atoms. The summed E-state index contributed by atoms with van der Waals surface area (Å²) in [5.74, 6) is 0. The molecule has 0 heteroatoms. The lowest BCUT2D eigenvalue weighted by molar-refractivity contribution is 0.681.